The highest BCUT2D eigenvalue weighted by molar-refractivity contribution is 9.10. The molecule has 2 nitrogen and oxygen atoms in total. The Morgan fingerprint density at radius 1 is 1.62 bits per heavy atom. The molecule has 0 amide bonds. The van der Waals surface area contributed by atoms with E-state index in [1.807, 2.05) is 31.2 Å². The number of carboxylic acid groups (broad SMARTS) is 1. The van der Waals surface area contributed by atoms with E-state index in [-0.39, 0.29) is 5.92 Å². The van der Waals surface area contributed by atoms with Crippen molar-refractivity contribution >= 4 is 21.9 Å². The molecule has 0 spiro atoms. The van der Waals surface area contributed by atoms with E-state index in [1.54, 1.807) is 6.08 Å². The van der Waals surface area contributed by atoms with Crippen molar-refractivity contribution < 1.29 is 9.90 Å². The van der Waals surface area contributed by atoms with E-state index < -0.39 is 11.9 Å². The van der Waals surface area contributed by atoms with Gasteiger partial charge in [-0.15, -0.1) is 6.58 Å². The van der Waals surface area contributed by atoms with Gasteiger partial charge in [0.05, 0.1) is 5.92 Å². The lowest BCUT2D eigenvalue weighted by Gasteiger charge is -2.16. The molecule has 0 saturated carbocycles. The van der Waals surface area contributed by atoms with Crippen LogP contribution in [0.3, 0.4) is 0 Å². The van der Waals surface area contributed by atoms with Crippen LogP contribution in [0.25, 0.3) is 0 Å². The molecular weight excluding hydrogens is 268 g/mol. The second-order valence-electron chi connectivity index (χ2n) is 3.87. The van der Waals surface area contributed by atoms with Crippen molar-refractivity contribution in [2.24, 2.45) is 11.8 Å². The van der Waals surface area contributed by atoms with Gasteiger partial charge >= 0.3 is 5.97 Å². The molecule has 86 valence electrons. The van der Waals surface area contributed by atoms with Gasteiger partial charge in [0.2, 0.25) is 0 Å². The molecule has 0 radical (unpaired) electrons. The summed E-state index contributed by atoms with van der Waals surface area (Å²) in [6.45, 7) is 5.53. The summed E-state index contributed by atoms with van der Waals surface area (Å²) in [5, 5.41) is 9.15. The number of hydrogen-bond acceptors (Lipinski definition) is 1. The van der Waals surface area contributed by atoms with Crippen molar-refractivity contribution in [1.29, 1.82) is 0 Å². The Balaban J connectivity index is 2.83. The molecular formula is C13H15BrO2. The zero-order chi connectivity index (χ0) is 12.1. The molecule has 0 fully saturated rings. The van der Waals surface area contributed by atoms with E-state index in [1.165, 1.54) is 0 Å². The average molecular weight is 283 g/mol. The van der Waals surface area contributed by atoms with E-state index in [0.717, 1.165) is 10.0 Å². The van der Waals surface area contributed by atoms with Gasteiger partial charge in [0.25, 0.3) is 0 Å². The van der Waals surface area contributed by atoms with Crippen molar-refractivity contribution in [2.75, 3.05) is 0 Å². The predicted octanol–water partition coefficient (Wildman–Crippen LogP) is 3.51. The SMILES string of the molecule is C=CC(C)C(Cc1cccc(Br)c1)C(=O)O. The molecule has 1 N–H and O–H groups in total. The van der Waals surface area contributed by atoms with Gasteiger partial charge < -0.3 is 5.11 Å². The van der Waals surface area contributed by atoms with Crippen molar-refractivity contribution in [2.45, 2.75) is 13.3 Å². The Morgan fingerprint density at radius 3 is 2.81 bits per heavy atom. The third-order valence-corrected chi connectivity index (χ3v) is 3.16. The number of hydrogen-bond donors (Lipinski definition) is 1. The highest BCUT2D eigenvalue weighted by atomic mass is 79.9. The number of benzene rings is 1. The number of allylic oxidation sites excluding steroid dienone is 1. The summed E-state index contributed by atoms with van der Waals surface area (Å²) < 4.78 is 0.973. The van der Waals surface area contributed by atoms with E-state index in [0.29, 0.717) is 6.42 Å². The lowest BCUT2D eigenvalue weighted by atomic mass is 9.88. The molecule has 0 aromatic heterocycles. The van der Waals surface area contributed by atoms with Gasteiger partial charge in [-0.2, -0.15) is 0 Å². The van der Waals surface area contributed by atoms with Crippen molar-refractivity contribution in [3.05, 3.63) is 47.0 Å². The summed E-state index contributed by atoms with van der Waals surface area (Å²) in [6.07, 6.45) is 2.22. The second-order valence-corrected chi connectivity index (χ2v) is 4.79. The first-order chi connectivity index (χ1) is 7.54. The average Bonchev–Trinajstić information content (AvgIpc) is 2.24. The number of halogens is 1. The first kappa shape index (κ1) is 13.0. The third-order valence-electron chi connectivity index (χ3n) is 2.67. The van der Waals surface area contributed by atoms with Gasteiger partial charge in [0.15, 0.2) is 0 Å². The van der Waals surface area contributed by atoms with Crippen LogP contribution in [0.5, 0.6) is 0 Å². The predicted molar refractivity (Wildman–Crippen MR) is 68.3 cm³/mol. The highest BCUT2D eigenvalue weighted by Gasteiger charge is 2.22. The van der Waals surface area contributed by atoms with Crippen LogP contribution < -0.4 is 0 Å². The quantitative estimate of drug-likeness (QED) is 0.839. The first-order valence-electron chi connectivity index (χ1n) is 5.14. The Hall–Kier alpha value is -1.09. The zero-order valence-corrected chi connectivity index (χ0v) is 10.8. The Labute approximate surface area is 104 Å². The van der Waals surface area contributed by atoms with Crippen LogP contribution in [0.1, 0.15) is 12.5 Å². The van der Waals surface area contributed by atoms with Crippen LogP contribution in [0.15, 0.2) is 41.4 Å². The molecule has 1 aromatic rings. The topological polar surface area (TPSA) is 37.3 Å². The molecule has 0 aliphatic heterocycles. The second kappa shape index (κ2) is 5.85. The number of rotatable bonds is 5. The van der Waals surface area contributed by atoms with Gasteiger partial charge in [0, 0.05) is 4.47 Å². The fraction of sp³-hybridized carbons (Fsp3) is 0.308. The smallest absolute Gasteiger partial charge is 0.307 e. The largest absolute Gasteiger partial charge is 0.481 e. The fourth-order valence-corrected chi connectivity index (χ4v) is 2.03. The lowest BCUT2D eigenvalue weighted by Crippen LogP contribution is -2.22. The van der Waals surface area contributed by atoms with E-state index >= 15 is 0 Å². The summed E-state index contributed by atoms with van der Waals surface area (Å²) in [7, 11) is 0. The summed E-state index contributed by atoms with van der Waals surface area (Å²) in [5.41, 5.74) is 1.02. The van der Waals surface area contributed by atoms with Gasteiger partial charge in [-0.1, -0.05) is 41.1 Å². The van der Waals surface area contributed by atoms with Gasteiger partial charge in [-0.05, 0) is 30.0 Å². The molecule has 2 unspecified atom stereocenters. The Morgan fingerprint density at radius 2 is 2.31 bits per heavy atom. The molecule has 0 bridgehead atoms. The minimum atomic E-state index is -0.771. The molecule has 1 aromatic carbocycles. The van der Waals surface area contributed by atoms with Crippen molar-refractivity contribution in [1.82, 2.24) is 0 Å². The monoisotopic (exact) mass is 282 g/mol. The van der Waals surface area contributed by atoms with Crippen LogP contribution in [0.4, 0.5) is 0 Å². The molecule has 1 rings (SSSR count). The fourth-order valence-electron chi connectivity index (χ4n) is 1.58. The van der Waals surface area contributed by atoms with Gasteiger partial charge in [0.1, 0.15) is 0 Å². The molecule has 16 heavy (non-hydrogen) atoms. The standard InChI is InChI=1S/C13H15BrO2/c1-3-9(2)12(13(15)16)8-10-5-4-6-11(14)7-10/h3-7,9,12H,1,8H2,2H3,(H,15,16). The molecule has 2 atom stereocenters. The summed E-state index contributed by atoms with van der Waals surface area (Å²) in [5.74, 6) is -1.21. The molecule has 3 heteroatoms. The van der Waals surface area contributed by atoms with Crippen LogP contribution in [-0.4, -0.2) is 11.1 Å². The van der Waals surface area contributed by atoms with Crippen LogP contribution in [-0.2, 0) is 11.2 Å². The van der Waals surface area contributed by atoms with E-state index in [4.69, 9.17) is 5.11 Å². The highest BCUT2D eigenvalue weighted by Crippen LogP contribution is 2.21. The normalized spacial score (nSPS) is 14.1. The maximum absolute atomic E-state index is 11.1. The van der Waals surface area contributed by atoms with E-state index in [2.05, 4.69) is 22.5 Å². The number of aliphatic carboxylic acids is 1. The summed E-state index contributed by atoms with van der Waals surface area (Å²) in [6, 6.07) is 7.73. The minimum Gasteiger partial charge on any atom is -0.481 e. The Kier molecular flexibility index (Phi) is 4.74. The molecule has 0 aliphatic rings. The number of carbonyl (C=O) groups is 1. The summed E-state index contributed by atoms with van der Waals surface area (Å²) in [4.78, 5) is 11.1. The molecule has 0 heterocycles. The van der Waals surface area contributed by atoms with Gasteiger partial charge in [-0.25, -0.2) is 0 Å². The molecule has 0 aliphatic carbocycles. The van der Waals surface area contributed by atoms with Crippen molar-refractivity contribution in [3.63, 3.8) is 0 Å². The Bertz CT molecular complexity index is 387. The lowest BCUT2D eigenvalue weighted by molar-refractivity contribution is -0.142. The molecule has 0 saturated heterocycles. The first-order valence-corrected chi connectivity index (χ1v) is 5.93. The van der Waals surface area contributed by atoms with Crippen molar-refractivity contribution in [3.8, 4) is 0 Å². The van der Waals surface area contributed by atoms with Crippen LogP contribution in [0.2, 0.25) is 0 Å². The summed E-state index contributed by atoms with van der Waals surface area (Å²) >= 11 is 3.38. The third kappa shape index (κ3) is 3.49. The maximum Gasteiger partial charge on any atom is 0.307 e. The minimum absolute atomic E-state index is 0.0310. The zero-order valence-electron chi connectivity index (χ0n) is 9.19. The van der Waals surface area contributed by atoms with Crippen LogP contribution in [0, 0.1) is 11.8 Å². The number of carboxylic acids is 1. The van der Waals surface area contributed by atoms with Gasteiger partial charge in [-0.3, -0.25) is 4.79 Å². The maximum atomic E-state index is 11.1. The van der Waals surface area contributed by atoms with Crippen LogP contribution >= 0.6 is 15.9 Å². The van der Waals surface area contributed by atoms with E-state index in [9.17, 15) is 4.79 Å².